The Hall–Kier alpha value is -1.88. The van der Waals surface area contributed by atoms with Gasteiger partial charge in [0.2, 0.25) is 5.91 Å². The van der Waals surface area contributed by atoms with Crippen LogP contribution in [0.15, 0.2) is 24.3 Å². The Morgan fingerprint density at radius 3 is 2.67 bits per heavy atom. The van der Waals surface area contributed by atoms with E-state index in [0.29, 0.717) is 13.0 Å². The van der Waals surface area contributed by atoms with E-state index in [2.05, 4.69) is 5.32 Å². The van der Waals surface area contributed by atoms with Crippen LogP contribution in [0.3, 0.4) is 0 Å². The summed E-state index contributed by atoms with van der Waals surface area (Å²) < 4.78 is 0. The predicted octanol–water partition coefficient (Wildman–Crippen LogP) is 1.41. The fourth-order valence-electron chi connectivity index (χ4n) is 2.65. The summed E-state index contributed by atoms with van der Waals surface area (Å²) in [6.07, 6.45) is 1.35. The average Bonchev–Trinajstić information content (AvgIpc) is 2.50. The number of carboxylic acids is 1. The fraction of sp³-hybridized carbons (Fsp3) is 0.500. The lowest BCUT2D eigenvalue weighted by atomic mass is 9.95. The van der Waals surface area contributed by atoms with Gasteiger partial charge in [-0.2, -0.15) is 0 Å². The minimum absolute atomic E-state index is 0.0763. The van der Waals surface area contributed by atoms with Gasteiger partial charge in [-0.15, -0.1) is 0 Å². The third kappa shape index (κ3) is 3.61. The second kappa shape index (κ2) is 6.72. The molecule has 2 rings (SSSR count). The molecule has 0 fully saturated rings. The van der Waals surface area contributed by atoms with Crippen molar-refractivity contribution in [2.24, 2.45) is 0 Å². The van der Waals surface area contributed by atoms with Crippen LogP contribution < -0.4 is 5.32 Å². The van der Waals surface area contributed by atoms with Crippen molar-refractivity contribution in [2.75, 3.05) is 6.54 Å². The van der Waals surface area contributed by atoms with Gasteiger partial charge in [0.1, 0.15) is 6.54 Å². The van der Waals surface area contributed by atoms with Crippen LogP contribution in [0.5, 0.6) is 0 Å². The van der Waals surface area contributed by atoms with Crippen molar-refractivity contribution in [2.45, 2.75) is 45.3 Å². The van der Waals surface area contributed by atoms with Crippen molar-refractivity contribution >= 4 is 11.9 Å². The molecule has 114 valence electrons. The third-order valence-corrected chi connectivity index (χ3v) is 4.09. The second-order valence-electron chi connectivity index (χ2n) is 5.52. The zero-order chi connectivity index (χ0) is 15.4. The molecule has 0 spiro atoms. The lowest BCUT2D eigenvalue weighted by Crippen LogP contribution is -2.53. The molecule has 0 bridgehead atoms. The zero-order valence-electron chi connectivity index (χ0n) is 12.5. The first kappa shape index (κ1) is 15.5. The first-order chi connectivity index (χ1) is 10.0. The van der Waals surface area contributed by atoms with Crippen LogP contribution in [0.25, 0.3) is 0 Å². The van der Waals surface area contributed by atoms with Gasteiger partial charge in [0, 0.05) is 12.6 Å². The minimum Gasteiger partial charge on any atom is -0.480 e. The summed E-state index contributed by atoms with van der Waals surface area (Å²) in [6.45, 7) is 4.25. The molecule has 0 aromatic heterocycles. The number of nitrogens with one attached hydrogen (secondary N) is 1. The number of aliphatic carboxylic acids is 1. The number of hydrogen-bond acceptors (Lipinski definition) is 3. The summed E-state index contributed by atoms with van der Waals surface area (Å²) in [7, 11) is 0. The first-order valence-electron chi connectivity index (χ1n) is 7.35. The number of amides is 1. The minimum atomic E-state index is -0.972. The van der Waals surface area contributed by atoms with Crippen LogP contribution in [0.4, 0.5) is 0 Å². The van der Waals surface area contributed by atoms with Gasteiger partial charge in [-0.05, 0) is 30.9 Å². The number of carbonyl (C=O) groups excluding carboxylic acids is 1. The Morgan fingerprint density at radius 1 is 1.38 bits per heavy atom. The summed E-state index contributed by atoms with van der Waals surface area (Å²) in [6, 6.07) is 7.61. The molecule has 1 aromatic rings. The average molecular weight is 290 g/mol. The van der Waals surface area contributed by atoms with Crippen LogP contribution in [0.2, 0.25) is 0 Å². The van der Waals surface area contributed by atoms with Gasteiger partial charge >= 0.3 is 5.97 Å². The molecule has 0 saturated heterocycles. The van der Waals surface area contributed by atoms with Crippen molar-refractivity contribution in [3.63, 3.8) is 0 Å². The molecule has 1 amide bonds. The highest BCUT2D eigenvalue weighted by molar-refractivity contribution is 5.86. The number of carboxylic acid groups (broad SMARTS) is 1. The van der Waals surface area contributed by atoms with Gasteiger partial charge in [0.15, 0.2) is 0 Å². The van der Waals surface area contributed by atoms with Gasteiger partial charge in [0.05, 0.1) is 6.04 Å². The third-order valence-electron chi connectivity index (χ3n) is 4.09. The molecule has 21 heavy (non-hydrogen) atoms. The van der Waals surface area contributed by atoms with Crippen LogP contribution in [-0.2, 0) is 22.6 Å². The van der Waals surface area contributed by atoms with Crippen LogP contribution in [-0.4, -0.2) is 40.5 Å². The van der Waals surface area contributed by atoms with Crippen LogP contribution in [0, 0.1) is 0 Å². The maximum Gasteiger partial charge on any atom is 0.323 e. The van der Waals surface area contributed by atoms with Gasteiger partial charge in [-0.25, -0.2) is 0 Å². The molecule has 0 radical (unpaired) electrons. The molecule has 1 aromatic carbocycles. The highest BCUT2D eigenvalue weighted by atomic mass is 16.4. The highest BCUT2D eigenvalue weighted by Crippen LogP contribution is 2.18. The first-order valence-corrected chi connectivity index (χ1v) is 7.35. The van der Waals surface area contributed by atoms with Crippen molar-refractivity contribution in [1.29, 1.82) is 0 Å². The van der Waals surface area contributed by atoms with E-state index in [9.17, 15) is 9.59 Å². The Bertz CT molecular complexity index is 530. The van der Waals surface area contributed by atoms with Gasteiger partial charge in [0.25, 0.3) is 0 Å². The number of hydrogen-bond donors (Lipinski definition) is 2. The molecule has 2 N–H and O–H groups in total. The summed E-state index contributed by atoms with van der Waals surface area (Å²) in [5.41, 5.74) is 2.36. The maximum atomic E-state index is 12.6. The maximum absolute atomic E-state index is 12.6. The second-order valence-corrected chi connectivity index (χ2v) is 5.52. The van der Waals surface area contributed by atoms with Crippen LogP contribution in [0.1, 0.15) is 31.4 Å². The normalized spacial score (nSPS) is 18.7. The molecular weight excluding hydrogens is 268 g/mol. The standard InChI is InChI=1S/C16H22N2O3/c1-3-11(2)18(10-15(19)20)16(21)14-8-12-6-4-5-7-13(12)9-17-14/h4-7,11,14,17H,3,8-10H2,1-2H3,(H,19,20)/t11?,14-/m1/s1. The smallest absolute Gasteiger partial charge is 0.323 e. The zero-order valence-corrected chi connectivity index (χ0v) is 12.5. The number of carbonyl (C=O) groups is 2. The largest absolute Gasteiger partial charge is 0.480 e. The number of fused-ring (bicyclic) bond motifs is 1. The summed E-state index contributed by atoms with van der Waals surface area (Å²) >= 11 is 0. The Labute approximate surface area is 125 Å². The van der Waals surface area contributed by atoms with E-state index in [1.54, 1.807) is 0 Å². The van der Waals surface area contributed by atoms with Crippen molar-refractivity contribution < 1.29 is 14.7 Å². The molecule has 2 atom stereocenters. The lowest BCUT2D eigenvalue weighted by Gasteiger charge is -2.33. The SMILES string of the molecule is CCC(C)N(CC(=O)O)C(=O)[C@H]1Cc2ccccc2CN1. The van der Waals surface area contributed by atoms with E-state index in [0.717, 1.165) is 12.0 Å². The summed E-state index contributed by atoms with van der Waals surface area (Å²) in [4.78, 5) is 25.1. The number of rotatable bonds is 5. The molecular formula is C16H22N2O3. The molecule has 1 unspecified atom stereocenters. The quantitative estimate of drug-likeness (QED) is 0.860. The molecule has 1 aliphatic heterocycles. The van der Waals surface area contributed by atoms with E-state index in [1.807, 2.05) is 38.1 Å². The molecule has 5 heteroatoms. The number of benzene rings is 1. The molecule has 0 saturated carbocycles. The van der Waals surface area contributed by atoms with E-state index < -0.39 is 5.97 Å². The van der Waals surface area contributed by atoms with Crippen molar-refractivity contribution in [1.82, 2.24) is 10.2 Å². The monoisotopic (exact) mass is 290 g/mol. The van der Waals surface area contributed by atoms with Crippen molar-refractivity contribution in [3.8, 4) is 0 Å². The lowest BCUT2D eigenvalue weighted by molar-refractivity contribution is -0.147. The van der Waals surface area contributed by atoms with Gasteiger partial charge < -0.3 is 15.3 Å². The van der Waals surface area contributed by atoms with Gasteiger partial charge in [-0.1, -0.05) is 31.2 Å². The molecule has 1 aliphatic rings. The predicted molar refractivity (Wildman–Crippen MR) is 79.9 cm³/mol. The van der Waals surface area contributed by atoms with Crippen molar-refractivity contribution in [3.05, 3.63) is 35.4 Å². The molecule has 5 nitrogen and oxygen atoms in total. The Balaban J connectivity index is 2.13. The van der Waals surface area contributed by atoms with E-state index >= 15 is 0 Å². The summed E-state index contributed by atoms with van der Waals surface area (Å²) in [5, 5.41) is 12.2. The summed E-state index contributed by atoms with van der Waals surface area (Å²) in [5.74, 6) is -1.10. The van der Waals surface area contributed by atoms with E-state index in [1.165, 1.54) is 10.5 Å². The van der Waals surface area contributed by atoms with E-state index in [4.69, 9.17) is 5.11 Å². The Kier molecular flexibility index (Phi) is 4.96. The fourth-order valence-corrected chi connectivity index (χ4v) is 2.65. The highest BCUT2D eigenvalue weighted by Gasteiger charge is 2.30. The van der Waals surface area contributed by atoms with Crippen LogP contribution >= 0.6 is 0 Å². The topological polar surface area (TPSA) is 69.6 Å². The van der Waals surface area contributed by atoms with E-state index in [-0.39, 0.29) is 24.5 Å². The number of nitrogens with zero attached hydrogens (tertiary/aromatic N) is 1. The molecule has 0 aliphatic carbocycles. The molecule has 1 heterocycles. The Morgan fingerprint density at radius 2 is 2.05 bits per heavy atom. The van der Waals surface area contributed by atoms with Gasteiger partial charge in [-0.3, -0.25) is 9.59 Å².